The van der Waals surface area contributed by atoms with Gasteiger partial charge >= 0.3 is 0 Å². The van der Waals surface area contributed by atoms with Gasteiger partial charge in [-0.15, -0.1) is 0 Å². The Balaban J connectivity index is 3.12. The zero-order valence-corrected chi connectivity index (χ0v) is 7.68. The monoisotopic (exact) mass is 155 g/mol. The third-order valence-electron chi connectivity index (χ3n) is 1.73. The lowest BCUT2D eigenvalue weighted by Crippen LogP contribution is -1.97. The van der Waals surface area contributed by atoms with Crippen molar-refractivity contribution in [3.63, 3.8) is 0 Å². The van der Waals surface area contributed by atoms with Gasteiger partial charge in [-0.1, -0.05) is 32.4 Å². The van der Waals surface area contributed by atoms with Gasteiger partial charge in [-0.25, -0.2) is 5.11 Å². The summed E-state index contributed by atoms with van der Waals surface area (Å²) in [4.78, 5) is 0. The number of unbranched alkanes of at least 4 members (excludes halogenated alkanes) is 1. The largest absolute Gasteiger partial charge is 0.236 e. The molecule has 0 saturated heterocycles. The van der Waals surface area contributed by atoms with Gasteiger partial charge in [0.2, 0.25) is 0 Å². The van der Waals surface area contributed by atoms with Crippen LogP contribution in [0.4, 0.5) is 0 Å². The summed E-state index contributed by atoms with van der Waals surface area (Å²) in [5, 5.41) is 10.3. The zero-order chi connectivity index (χ0) is 8.53. The van der Waals surface area contributed by atoms with Crippen LogP contribution < -0.4 is 0 Å². The topological polar surface area (TPSA) is 19.9 Å². The number of hydrogen-bond donors (Lipinski definition) is 0. The van der Waals surface area contributed by atoms with E-state index in [4.69, 9.17) is 0 Å². The van der Waals surface area contributed by atoms with E-state index in [-0.39, 0.29) is 6.61 Å². The van der Waals surface area contributed by atoms with Gasteiger partial charge in [0.05, 0.1) is 6.61 Å². The predicted molar refractivity (Wildman–Crippen MR) is 48.0 cm³/mol. The van der Waals surface area contributed by atoms with E-state index < -0.39 is 0 Å². The molecule has 0 aliphatic carbocycles. The fourth-order valence-electron chi connectivity index (χ4n) is 0.866. The smallest absolute Gasteiger partial charge is 0.0847 e. The summed E-state index contributed by atoms with van der Waals surface area (Å²) in [6.07, 6.45) is 8.90. The SMILES string of the molecule is CCC/C=C/CCC(C)C[O]. The second kappa shape index (κ2) is 7.80. The summed E-state index contributed by atoms with van der Waals surface area (Å²) in [6, 6.07) is 0. The third-order valence-corrected chi connectivity index (χ3v) is 1.73. The molecule has 0 saturated carbocycles. The van der Waals surface area contributed by atoms with Crippen molar-refractivity contribution in [2.75, 3.05) is 6.61 Å². The molecule has 0 aliphatic rings. The van der Waals surface area contributed by atoms with Crippen molar-refractivity contribution in [2.24, 2.45) is 5.92 Å². The molecule has 0 heterocycles. The van der Waals surface area contributed by atoms with Crippen LogP contribution in [-0.4, -0.2) is 6.61 Å². The Kier molecular flexibility index (Phi) is 7.59. The maximum absolute atomic E-state index is 10.3. The lowest BCUT2D eigenvalue weighted by molar-refractivity contribution is 0.147. The average molecular weight is 155 g/mol. The van der Waals surface area contributed by atoms with Crippen LogP contribution in [0.5, 0.6) is 0 Å². The van der Waals surface area contributed by atoms with E-state index in [0.29, 0.717) is 5.92 Å². The molecule has 0 bridgehead atoms. The Bertz CT molecular complexity index is 97.0. The fourth-order valence-corrected chi connectivity index (χ4v) is 0.866. The van der Waals surface area contributed by atoms with Crippen LogP contribution in [0, 0.1) is 5.92 Å². The van der Waals surface area contributed by atoms with Gasteiger partial charge in [0.15, 0.2) is 0 Å². The van der Waals surface area contributed by atoms with Gasteiger partial charge in [-0.2, -0.15) is 0 Å². The molecule has 1 nitrogen and oxygen atoms in total. The molecule has 1 radical (unpaired) electrons. The van der Waals surface area contributed by atoms with Crippen LogP contribution in [0.3, 0.4) is 0 Å². The molecule has 0 fully saturated rings. The molecule has 0 aliphatic heterocycles. The summed E-state index contributed by atoms with van der Waals surface area (Å²) in [5.41, 5.74) is 0. The first-order valence-corrected chi connectivity index (χ1v) is 4.54. The van der Waals surface area contributed by atoms with Crippen molar-refractivity contribution in [3.8, 4) is 0 Å². The maximum atomic E-state index is 10.3. The van der Waals surface area contributed by atoms with Crippen LogP contribution in [0.15, 0.2) is 12.2 Å². The molecule has 0 amide bonds. The van der Waals surface area contributed by atoms with Crippen LogP contribution in [0.2, 0.25) is 0 Å². The van der Waals surface area contributed by atoms with Crippen molar-refractivity contribution < 1.29 is 5.11 Å². The van der Waals surface area contributed by atoms with Gasteiger partial charge < -0.3 is 0 Å². The minimum absolute atomic E-state index is 0.0710. The fraction of sp³-hybridized carbons (Fsp3) is 0.800. The molecule has 0 aromatic heterocycles. The van der Waals surface area contributed by atoms with Gasteiger partial charge in [-0.05, 0) is 25.2 Å². The van der Waals surface area contributed by atoms with Crippen molar-refractivity contribution >= 4 is 0 Å². The zero-order valence-electron chi connectivity index (χ0n) is 7.68. The molecule has 0 aromatic carbocycles. The Morgan fingerprint density at radius 2 is 1.91 bits per heavy atom. The van der Waals surface area contributed by atoms with Gasteiger partial charge in [0, 0.05) is 0 Å². The molecular formula is C10H19O. The first-order valence-electron chi connectivity index (χ1n) is 4.54. The van der Waals surface area contributed by atoms with Crippen molar-refractivity contribution in [1.29, 1.82) is 0 Å². The van der Waals surface area contributed by atoms with E-state index in [1.807, 2.05) is 6.92 Å². The normalized spacial score (nSPS) is 14.1. The van der Waals surface area contributed by atoms with Gasteiger partial charge in [0.1, 0.15) is 0 Å². The Labute approximate surface area is 70.1 Å². The maximum Gasteiger partial charge on any atom is 0.0847 e. The molecular weight excluding hydrogens is 136 g/mol. The molecule has 0 rings (SSSR count). The average Bonchev–Trinajstić information content (AvgIpc) is 2.04. The summed E-state index contributed by atoms with van der Waals surface area (Å²) < 4.78 is 0. The van der Waals surface area contributed by atoms with E-state index in [1.165, 1.54) is 12.8 Å². The van der Waals surface area contributed by atoms with Crippen LogP contribution in [0.1, 0.15) is 39.5 Å². The minimum Gasteiger partial charge on any atom is -0.236 e. The Morgan fingerprint density at radius 3 is 2.45 bits per heavy atom. The lowest BCUT2D eigenvalue weighted by Gasteiger charge is -2.01. The van der Waals surface area contributed by atoms with Crippen LogP contribution >= 0.6 is 0 Å². The predicted octanol–water partition coefficient (Wildman–Crippen LogP) is 3.19. The molecule has 65 valence electrons. The number of rotatable bonds is 6. The standard InChI is InChI=1S/C10H19O/c1-3-4-5-6-7-8-10(2)9-11/h5-6,10H,3-4,7-9H2,1-2H3/b6-5+. The summed E-state index contributed by atoms with van der Waals surface area (Å²) in [6.45, 7) is 4.26. The van der Waals surface area contributed by atoms with Crippen molar-refractivity contribution in [2.45, 2.75) is 39.5 Å². The lowest BCUT2D eigenvalue weighted by atomic mass is 10.1. The molecule has 11 heavy (non-hydrogen) atoms. The van der Waals surface area contributed by atoms with E-state index in [0.717, 1.165) is 12.8 Å². The second-order valence-electron chi connectivity index (χ2n) is 3.11. The van der Waals surface area contributed by atoms with Gasteiger partial charge in [0.25, 0.3) is 0 Å². The van der Waals surface area contributed by atoms with E-state index in [2.05, 4.69) is 19.1 Å². The summed E-state index contributed by atoms with van der Waals surface area (Å²) in [5.74, 6) is 0.348. The Hall–Kier alpha value is -0.300. The molecule has 0 N–H and O–H groups in total. The summed E-state index contributed by atoms with van der Waals surface area (Å²) in [7, 11) is 0. The molecule has 0 aromatic rings. The van der Waals surface area contributed by atoms with E-state index in [1.54, 1.807) is 0 Å². The first-order chi connectivity index (χ1) is 5.31. The number of hydrogen-bond acceptors (Lipinski definition) is 0. The van der Waals surface area contributed by atoms with E-state index >= 15 is 0 Å². The van der Waals surface area contributed by atoms with Crippen LogP contribution in [-0.2, 0) is 5.11 Å². The third kappa shape index (κ3) is 7.60. The van der Waals surface area contributed by atoms with Crippen LogP contribution in [0.25, 0.3) is 0 Å². The highest BCUT2D eigenvalue weighted by Gasteiger charge is 1.96. The number of allylic oxidation sites excluding steroid dienone is 2. The second-order valence-corrected chi connectivity index (χ2v) is 3.11. The highest BCUT2D eigenvalue weighted by atomic mass is 16.3. The quantitative estimate of drug-likeness (QED) is 0.525. The summed E-state index contributed by atoms with van der Waals surface area (Å²) >= 11 is 0. The molecule has 1 unspecified atom stereocenters. The Morgan fingerprint density at radius 1 is 1.27 bits per heavy atom. The van der Waals surface area contributed by atoms with Crippen molar-refractivity contribution in [3.05, 3.63) is 12.2 Å². The highest BCUT2D eigenvalue weighted by Crippen LogP contribution is 2.05. The van der Waals surface area contributed by atoms with Gasteiger partial charge in [-0.3, -0.25) is 0 Å². The minimum atomic E-state index is 0.0710. The van der Waals surface area contributed by atoms with E-state index in [9.17, 15) is 5.11 Å². The first kappa shape index (κ1) is 10.7. The van der Waals surface area contributed by atoms with Crippen molar-refractivity contribution in [1.82, 2.24) is 0 Å². The molecule has 1 heteroatoms. The highest BCUT2D eigenvalue weighted by molar-refractivity contribution is 4.81. The molecule has 1 atom stereocenters. The molecule has 0 spiro atoms.